The van der Waals surface area contributed by atoms with Crippen LogP contribution in [0.15, 0.2) is 12.2 Å². The molecule has 148 valence electrons. The van der Waals surface area contributed by atoms with Gasteiger partial charge < -0.3 is 9.47 Å². The number of Topliss-reactive ketones (excluding diaryl/α,β-unsaturated/α-hetero) is 1. The number of carbonyl (C=O) groups excluding carboxylic acids is 3. The lowest BCUT2D eigenvalue weighted by Crippen LogP contribution is -2.22. The quantitative estimate of drug-likeness (QED) is 0.269. The average molecular weight is 366 g/mol. The lowest BCUT2D eigenvalue weighted by molar-refractivity contribution is -0.152. The van der Waals surface area contributed by atoms with Gasteiger partial charge in [0.15, 0.2) is 5.78 Å². The Bertz CT molecular complexity index is 463. The van der Waals surface area contributed by atoms with Gasteiger partial charge in [-0.2, -0.15) is 0 Å². The molecule has 0 aromatic carbocycles. The monoisotopic (exact) mass is 366 g/mol. The number of hydrogen-bond donors (Lipinski definition) is 0. The zero-order chi connectivity index (χ0) is 19.2. The highest BCUT2D eigenvalue weighted by atomic mass is 16.5. The number of rotatable bonds is 13. The molecule has 0 amide bonds. The highest BCUT2D eigenvalue weighted by Gasteiger charge is 2.20. The summed E-state index contributed by atoms with van der Waals surface area (Å²) in [6.45, 7) is 5.51. The third-order valence-corrected chi connectivity index (χ3v) is 4.67. The van der Waals surface area contributed by atoms with Gasteiger partial charge in [0, 0.05) is 12.0 Å². The van der Waals surface area contributed by atoms with Crippen LogP contribution >= 0.6 is 0 Å². The van der Waals surface area contributed by atoms with Crippen LogP contribution in [0.2, 0.25) is 0 Å². The Hall–Kier alpha value is -1.65. The molecule has 0 spiro atoms. The molecule has 5 heteroatoms. The van der Waals surface area contributed by atoms with E-state index in [4.69, 9.17) is 9.47 Å². The highest BCUT2D eigenvalue weighted by molar-refractivity contribution is 5.94. The molecular formula is C21H34O5. The minimum atomic E-state index is -0.693. The number of ether oxygens (including phenoxy) is 2. The summed E-state index contributed by atoms with van der Waals surface area (Å²) in [5, 5.41) is 0. The molecular weight excluding hydrogens is 332 g/mol. The summed E-state index contributed by atoms with van der Waals surface area (Å²) in [5.74, 6) is -1.23. The van der Waals surface area contributed by atoms with Crippen LogP contribution < -0.4 is 0 Å². The second kappa shape index (κ2) is 13.5. The van der Waals surface area contributed by atoms with Crippen molar-refractivity contribution in [3.05, 3.63) is 12.2 Å². The summed E-state index contributed by atoms with van der Waals surface area (Å²) in [6, 6.07) is 0. The van der Waals surface area contributed by atoms with Crippen molar-refractivity contribution in [2.45, 2.75) is 96.5 Å². The summed E-state index contributed by atoms with van der Waals surface area (Å²) in [4.78, 5) is 35.4. The summed E-state index contributed by atoms with van der Waals surface area (Å²) >= 11 is 0. The summed E-state index contributed by atoms with van der Waals surface area (Å²) in [7, 11) is 0. The Morgan fingerprint density at radius 2 is 1.62 bits per heavy atom. The lowest BCUT2D eigenvalue weighted by Gasteiger charge is -2.21. The van der Waals surface area contributed by atoms with E-state index >= 15 is 0 Å². The van der Waals surface area contributed by atoms with Gasteiger partial charge in [0.2, 0.25) is 0 Å². The molecule has 5 nitrogen and oxygen atoms in total. The van der Waals surface area contributed by atoms with Gasteiger partial charge in [-0.25, -0.2) is 4.79 Å². The molecule has 0 N–H and O–H groups in total. The van der Waals surface area contributed by atoms with Crippen molar-refractivity contribution in [3.8, 4) is 0 Å². The fraction of sp³-hybridized carbons (Fsp3) is 0.762. The molecule has 0 aromatic heterocycles. The molecule has 0 saturated heterocycles. The predicted molar refractivity (Wildman–Crippen MR) is 101 cm³/mol. The van der Waals surface area contributed by atoms with Gasteiger partial charge in [0.1, 0.15) is 12.7 Å². The molecule has 0 atom stereocenters. The maximum atomic E-state index is 11.9. The lowest BCUT2D eigenvalue weighted by atomic mass is 9.98. The standard InChI is InChI=1S/C21H34O5/c1-3-4-5-6-7-9-12-18(22)16-25-21(24)17(2)15-20(23)26-19-13-10-8-11-14-19/h19H,2-16H2,1H3. The number of hydrogen-bond acceptors (Lipinski definition) is 5. The average Bonchev–Trinajstić information content (AvgIpc) is 2.63. The fourth-order valence-corrected chi connectivity index (χ4v) is 3.08. The Morgan fingerprint density at radius 1 is 0.962 bits per heavy atom. The molecule has 0 radical (unpaired) electrons. The number of unbranched alkanes of at least 4 members (excludes halogenated alkanes) is 5. The molecule has 26 heavy (non-hydrogen) atoms. The van der Waals surface area contributed by atoms with Crippen LogP contribution in [0.25, 0.3) is 0 Å². The second-order valence-corrected chi connectivity index (χ2v) is 7.16. The van der Waals surface area contributed by atoms with Crippen molar-refractivity contribution >= 4 is 17.7 Å². The van der Waals surface area contributed by atoms with Crippen LogP contribution in [0.5, 0.6) is 0 Å². The third kappa shape index (κ3) is 10.4. The van der Waals surface area contributed by atoms with Crippen LogP contribution in [0.4, 0.5) is 0 Å². The molecule has 1 rings (SSSR count). The van der Waals surface area contributed by atoms with E-state index in [2.05, 4.69) is 13.5 Å². The smallest absolute Gasteiger partial charge is 0.334 e. The maximum absolute atomic E-state index is 11.9. The first-order chi connectivity index (χ1) is 12.5. The SMILES string of the molecule is C=C(CC(=O)OC1CCCCC1)C(=O)OCC(=O)CCCCCCCC. The summed E-state index contributed by atoms with van der Waals surface area (Å²) in [6.07, 6.45) is 11.9. The molecule has 1 aliphatic rings. The van der Waals surface area contributed by atoms with Gasteiger partial charge in [-0.05, 0) is 32.1 Å². The van der Waals surface area contributed by atoms with Gasteiger partial charge in [0.25, 0.3) is 0 Å². The Morgan fingerprint density at radius 3 is 2.31 bits per heavy atom. The Balaban J connectivity index is 2.12. The first-order valence-corrected chi connectivity index (χ1v) is 10.1. The first kappa shape index (κ1) is 22.4. The van der Waals surface area contributed by atoms with E-state index in [0.717, 1.165) is 44.9 Å². The van der Waals surface area contributed by atoms with Crippen molar-refractivity contribution in [1.29, 1.82) is 0 Å². The zero-order valence-corrected chi connectivity index (χ0v) is 16.2. The molecule has 0 bridgehead atoms. The number of ketones is 1. The van der Waals surface area contributed by atoms with Crippen molar-refractivity contribution in [2.24, 2.45) is 0 Å². The summed E-state index contributed by atoms with van der Waals surface area (Å²) < 4.78 is 10.3. The van der Waals surface area contributed by atoms with Crippen molar-refractivity contribution in [2.75, 3.05) is 6.61 Å². The van der Waals surface area contributed by atoms with Gasteiger partial charge in [0.05, 0.1) is 6.42 Å². The van der Waals surface area contributed by atoms with E-state index in [1.165, 1.54) is 25.7 Å². The van der Waals surface area contributed by atoms with Gasteiger partial charge in [-0.15, -0.1) is 0 Å². The van der Waals surface area contributed by atoms with E-state index < -0.39 is 11.9 Å². The zero-order valence-electron chi connectivity index (χ0n) is 16.2. The van der Waals surface area contributed by atoms with Gasteiger partial charge >= 0.3 is 11.9 Å². The van der Waals surface area contributed by atoms with Crippen LogP contribution in [0, 0.1) is 0 Å². The predicted octanol–water partition coefficient (Wildman–Crippen LogP) is 4.67. The molecule has 0 aromatic rings. The van der Waals surface area contributed by atoms with Crippen molar-refractivity contribution in [3.63, 3.8) is 0 Å². The van der Waals surface area contributed by atoms with E-state index in [1.54, 1.807) is 0 Å². The fourth-order valence-electron chi connectivity index (χ4n) is 3.08. The Kier molecular flexibility index (Phi) is 11.7. The van der Waals surface area contributed by atoms with Gasteiger partial charge in [-0.3, -0.25) is 9.59 Å². The minimum absolute atomic E-state index is 0.0400. The van der Waals surface area contributed by atoms with Crippen LogP contribution in [0.3, 0.4) is 0 Å². The van der Waals surface area contributed by atoms with Crippen LogP contribution in [-0.4, -0.2) is 30.4 Å². The van der Waals surface area contributed by atoms with Gasteiger partial charge in [-0.1, -0.05) is 52.0 Å². The van der Waals surface area contributed by atoms with Crippen molar-refractivity contribution in [1.82, 2.24) is 0 Å². The number of carbonyl (C=O) groups is 3. The molecule has 0 heterocycles. The maximum Gasteiger partial charge on any atom is 0.334 e. The third-order valence-electron chi connectivity index (χ3n) is 4.67. The first-order valence-electron chi connectivity index (χ1n) is 10.1. The van der Waals surface area contributed by atoms with E-state index in [1.807, 2.05) is 0 Å². The van der Waals surface area contributed by atoms with E-state index in [9.17, 15) is 14.4 Å². The van der Waals surface area contributed by atoms with E-state index in [0.29, 0.717) is 6.42 Å². The Labute approximate surface area is 157 Å². The highest BCUT2D eigenvalue weighted by Crippen LogP contribution is 2.21. The second-order valence-electron chi connectivity index (χ2n) is 7.16. The van der Waals surface area contributed by atoms with Crippen LogP contribution in [0.1, 0.15) is 90.4 Å². The molecule has 1 fully saturated rings. The van der Waals surface area contributed by atoms with Crippen LogP contribution in [-0.2, 0) is 23.9 Å². The van der Waals surface area contributed by atoms with Crippen molar-refractivity contribution < 1.29 is 23.9 Å². The normalized spacial score (nSPS) is 14.7. The molecule has 1 aliphatic carbocycles. The van der Waals surface area contributed by atoms with E-state index in [-0.39, 0.29) is 30.5 Å². The molecule has 1 saturated carbocycles. The molecule has 0 unspecified atom stereocenters. The summed E-state index contributed by atoms with van der Waals surface area (Å²) in [5.41, 5.74) is 0.0400. The minimum Gasteiger partial charge on any atom is -0.462 e. The molecule has 0 aliphatic heterocycles. The topological polar surface area (TPSA) is 69.7 Å². The number of esters is 2. The largest absolute Gasteiger partial charge is 0.462 e.